The molecular formula is C21H19FN4O2. The van der Waals surface area contributed by atoms with Crippen molar-refractivity contribution in [3.8, 4) is 5.69 Å². The van der Waals surface area contributed by atoms with Gasteiger partial charge in [0.2, 0.25) is 5.91 Å². The lowest BCUT2D eigenvalue weighted by atomic mass is 10.2. The Morgan fingerprint density at radius 3 is 2.32 bits per heavy atom. The fourth-order valence-electron chi connectivity index (χ4n) is 2.92. The second-order valence-electron chi connectivity index (χ2n) is 6.80. The molecule has 0 radical (unpaired) electrons. The van der Waals surface area contributed by atoms with E-state index in [9.17, 15) is 14.0 Å². The van der Waals surface area contributed by atoms with E-state index >= 15 is 0 Å². The van der Waals surface area contributed by atoms with Crippen LogP contribution in [0.1, 0.15) is 28.9 Å². The van der Waals surface area contributed by atoms with Crippen LogP contribution in [0.4, 0.5) is 15.8 Å². The van der Waals surface area contributed by atoms with Crippen molar-refractivity contribution in [2.75, 3.05) is 10.6 Å². The number of rotatable bonds is 5. The topological polar surface area (TPSA) is 76.0 Å². The van der Waals surface area contributed by atoms with E-state index in [1.54, 1.807) is 49.4 Å². The molecule has 0 aliphatic heterocycles. The van der Waals surface area contributed by atoms with Gasteiger partial charge in [-0.05, 0) is 56.2 Å². The standard InChI is InChI=1S/C21H19FN4O2/c1-13-17(12-23-26(13)19-5-3-2-4-18(19)22)21(28)25-16-10-8-15(9-11-16)24-20(27)14-6-7-14/h2-5,8-12,14H,6-7H2,1H3,(H,24,27)(H,25,28). The molecule has 0 spiro atoms. The number of hydrogen-bond acceptors (Lipinski definition) is 3. The summed E-state index contributed by atoms with van der Waals surface area (Å²) in [6.45, 7) is 1.71. The molecule has 1 fully saturated rings. The molecule has 28 heavy (non-hydrogen) atoms. The number of carbonyl (C=O) groups excluding carboxylic acids is 2. The largest absolute Gasteiger partial charge is 0.326 e. The quantitative estimate of drug-likeness (QED) is 0.707. The Morgan fingerprint density at radius 2 is 1.68 bits per heavy atom. The van der Waals surface area contributed by atoms with Gasteiger partial charge in [0.1, 0.15) is 11.5 Å². The number of hydrogen-bond donors (Lipinski definition) is 2. The van der Waals surface area contributed by atoms with Crippen LogP contribution in [0.15, 0.2) is 54.7 Å². The smallest absolute Gasteiger partial charge is 0.259 e. The highest BCUT2D eigenvalue weighted by Gasteiger charge is 2.29. The van der Waals surface area contributed by atoms with Gasteiger partial charge in [0.05, 0.1) is 17.5 Å². The van der Waals surface area contributed by atoms with Gasteiger partial charge in [0.15, 0.2) is 0 Å². The van der Waals surface area contributed by atoms with Crippen LogP contribution in [0.3, 0.4) is 0 Å². The van der Waals surface area contributed by atoms with Crippen LogP contribution >= 0.6 is 0 Å². The molecule has 1 saturated carbocycles. The van der Waals surface area contributed by atoms with Crippen LogP contribution in [0.2, 0.25) is 0 Å². The van der Waals surface area contributed by atoms with Crippen molar-refractivity contribution in [3.63, 3.8) is 0 Å². The van der Waals surface area contributed by atoms with E-state index in [1.807, 2.05) is 0 Å². The lowest BCUT2D eigenvalue weighted by Crippen LogP contribution is -2.14. The summed E-state index contributed by atoms with van der Waals surface area (Å²) in [5, 5.41) is 9.79. The van der Waals surface area contributed by atoms with Crippen LogP contribution in [0, 0.1) is 18.7 Å². The summed E-state index contributed by atoms with van der Waals surface area (Å²) in [6.07, 6.45) is 3.31. The zero-order chi connectivity index (χ0) is 19.7. The monoisotopic (exact) mass is 378 g/mol. The van der Waals surface area contributed by atoms with E-state index in [2.05, 4.69) is 15.7 Å². The normalized spacial score (nSPS) is 13.2. The molecule has 1 aliphatic carbocycles. The first-order chi connectivity index (χ1) is 13.5. The minimum Gasteiger partial charge on any atom is -0.326 e. The van der Waals surface area contributed by atoms with Crippen molar-refractivity contribution in [1.29, 1.82) is 0 Å². The molecule has 1 aliphatic rings. The van der Waals surface area contributed by atoms with Gasteiger partial charge in [0, 0.05) is 17.3 Å². The van der Waals surface area contributed by atoms with Crippen molar-refractivity contribution < 1.29 is 14.0 Å². The third-order valence-corrected chi connectivity index (χ3v) is 4.69. The number of anilines is 2. The Morgan fingerprint density at radius 1 is 1.04 bits per heavy atom. The molecule has 1 heterocycles. The first kappa shape index (κ1) is 17.9. The highest BCUT2D eigenvalue weighted by molar-refractivity contribution is 6.05. The van der Waals surface area contributed by atoms with E-state index in [4.69, 9.17) is 0 Å². The van der Waals surface area contributed by atoms with Gasteiger partial charge >= 0.3 is 0 Å². The fraction of sp³-hybridized carbons (Fsp3) is 0.190. The van der Waals surface area contributed by atoms with Crippen LogP contribution in [-0.4, -0.2) is 21.6 Å². The molecule has 0 atom stereocenters. The van der Waals surface area contributed by atoms with Gasteiger partial charge in [-0.15, -0.1) is 0 Å². The van der Waals surface area contributed by atoms with Crippen LogP contribution < -0.4 is 10.6 Å². The van der Waals surface area contributed by atoms with Crippen molar-refractivity contribution >= 4 is 23.2 Å². The molecule has 0 bridgehead atoms. The molecule has 2 N–H and O–H groups in total. The van der Waals surface area contributed by atoms with Gasteiger partial charge in [-0.25, -0.2) is 9.07 Å². The molecule has 0 unspecified atom stereocenters. The Bertz CT molecular complexity index is 1040. The molecule has 3 aromatic rings. The molecule has 0 saturated heterocycles. The van der Waals surface area contributed by atoms with E-state index in [-0.39, 0.29) is 23.4 Å². The number of benzene rings is 2. The summed E-state index contributed by atoms with van der Waals surface area (Å²) in [5.74, 6) is -0.583. The van der Waals surface area contributed by atoms with Crippen LogP contribution in [-0.2, 0) is 4.79 Å². The van der Waals surface area contributed by atoms with Crippen LogP contribution in [0.5, 0.6) is 0 Å². The third-order valence-electron chi connectivity index (χ3n) is 4.69. The number of nitrogens with one attached hydrogen (secondary N) is 2. The highest BCUT2D eigenvalue weighted by atomic mass is 19.1. The van der Waals surface area contributed by atoms with Crippen molar-refractivity contribution in [2.24, 2.45) is 5.92 Å². The molecule has 2 aromatic carbocycles. The molecule has 2 amide bonds. The fourth-order valence-corrected chi connectivity index (χ4v) is 2.92. The lowest BCUT2D eigenvalue weighted by molar-refractivity contribution is -0.117. The Kier molecular flexibility index (Phi) is 4.65. The maximum atomic E-state index is 14.0. The number of nitrogens with zero attached hydrogens (tertiary/aromatic N) is 2. The number of halogens is 1. The number of carbonyl (C=O) groups is 2. The molecule has 142 valence electrons. The first-order valence-corrected chi connectivity index (χ1v) is 9.05. The highest BCUT2D eigenvalue weighted by Crippen LogP contribution is 2.30. The van der Waals surface area contributed by atoms with Crippen molar-refractivity contribution in [1.82, 2.24) is 9.78 Å². The summed E-state index contributed by atoms with van der Waals surface area (Å²) < 4.78 is 15.4. The third kappa shape index (κ3) is 3.64. The summed E-state index contributed by atoms with van der Waals surface area (Å²) in [4.78, 5) is 24.4. The van der Waals surface area contributed by atoms with Crippen LogP contribution in [0.25, 0.3) is 5.69 Å². The summed E-state index contributed by atoms with van der Waals surface area (Å²) in [7, 11) is 0. The molecule has 4 rings (SSSR count). The van der Waals surface area contributed by atoms with Gasteiger partial charge < -0.3 is 10.6 Å². The molecular weight excluding hydrogens is 359 g/mol. The molecule has 7 heteroatoms. The van der Waals surface area contributed by atoms with Crippen molar-refractivity contribution in [2.45, 2.75) is 19.8 Å². The van der Waals surface area contributed by atoms with E-state index in [0.29, 0.717) is 22.6 Å². The number of aromatic nitrogens is 2. The Labute approximate surface area is 161 Å². The predicted molar refractivity (Wildman–Crippen MR) is 104 cm³/mol. The average Bonchev–Trinajstić information content (AvgIpc) is 3.47. The molecule has 6 nitrogen and oxygen atoms in total. The first-order valence-electron chi connectivity index (χ1n) is 9.05. The second-order valence-corrected chi connectivity index (χ2v) is 6.80. The van der Waals surface area contributed by atoms with E-state index < -0.39 is 5.82 Å². The molecule has 1 aromatic heterocycles. The second kappa shape index (κ2) is 7.26. The summed E-state index contributed by atoms with van der Waals surface area (Å²) >= 11 is 0. The van der Waals surface area contributed by atoms with Gasteiger partial charge in [0.25, 0.3) is 5.91 Å². The van der Waals surface area contributed by atoms with Gasteiger partial charge in [-0.1, -0.05) is 12.1 Å². The van der Waals surface area contributed by atoms with Crippen molar-refractivity contribution in [3.05, 3.63) is 71.8 Å². The maximum absolute atomic E-state index is 14.0. The van der Waals surface area contributed by atoms with Gasteiger partial charge in [-0.2, -0.15) is 5.10 Å². The summed E-state index contributed by atoms with van der Waals surface area (Å²) in [5.41, 5.74) is 2.46. The SMILES string of the molecule is Cc1c(C(=O)Nc2ccc(NC(=O)C3CC3)cc2)cnn1-c1ccccc1F. The average molecular weight is 378 g/mol. The lowest BCUT2D eigenvalue weighted by Gasteiger charge is -2.08. The Balaban J connectivity index is 1.46. The maximum Gasteiger partial charge on any atom is 0.259 e. The minimum absolute atomic E-state index is 0.0352. The van der Waals surface area contributed by atoms with E-state index in [1.165, 1.54) is 16.9 Å². The summed E-state index contributed by atoms with van der Waals surface area (Å²) in [6, 6.07) is 13.2. The minimum atomic E-state index is -0.413. The number of para-hydroxylation sites is 1. The van der Waals surface area contributed by atoms with Gasteiger partial charge in [-0.3, -0.25) is 9.59 Å². The Hall–Kier alpha value is -3.48. The zero-order valence-electron chi connectivity index (χ0n) is 15.3. The number of amides is 2. The zero-order valence-corrected chi connectivity index (χ0v) is 15.3. The van der Waals surface area contributed by atoms with E-state index in [0.717, 1.165) is 12.8 Å². The predicted octanol–water partition coefficient (Wildman–Crippen LogP) is 3.92.